The van der Waals surface area contributed by atoms with Crippen molar-refractivity contribution in [2.45, 2.75) is 11.3 Å². The molecule has 7 nitrogen and oxygen atoms in total. The molecule has 0 saturated carbocycles. The highest BCUT2D eigenvalue weighted by atomic mass is 32.2. The van der Waals surface area contributed by atoms with Gasteiger partial charge in [0.05, 0.1) is 4.90 Å². The Bertz CT molecular complexity index is 685. The Morgan fingerprint density at radius 3 is 2.65 bits per heavy atom. The zero-order chi connectivity index (χ0) is 14.8. The van der Waals surface area contributed by atoms with Crippen LogP contribution in [0.3, 0.4) is 0 Å². The van der Waals surface area contributed by atoms with Gasteiger partial charge in [-0.25, -0.2) is 18.2 Å². The zero-order valence-corrected chi connectivity index (χ0v) is 10.4. The summed E-state index contributed by atoms with van der Waals surface area (Å²) in [5.74, 6) is -0.801. The smallest absolute Gasteiger partial charge is 0.406 e. The molecule has 0 bridgehead atoms. The first-order valence-corrected chi connectivity index (χ1v) is 6.48. The second-order valence-corrected chi connectivity index (χ2v) is 5.14. The maximum atomic E-state index is 12.1. The number of anilines is 1. The van der Waals surface area contributed by atoms with Crippen molar-refractivity contribution >= 4 is 16.0 Å². The highest BCUT2D eigenvalue weighted by Gasteiger charge is 2.31. The van der Waals surface area contributed by atoms with E-state index in [0.29, 0.717) is 0 Å². The second kappa shape index (κ2) is 5.00. The first kappa shape index (κ1) is 14.1. The van der Waals surface area contributed by atoms with E-state index in [2.05, 4.69) is 19.9 Å². The van der Waals surface area contributed by atoms with E-state index in [9.17, 15) is 21.6 Å². The molecule has 0 aliphatic heterocycles. The van der Waals surface area contributed by atoms with Crippen LogP contribution in [0, 0.1) is 0 Å². The van der Waals surface area contributed by atoms with Crippen molar-refractivity contribution in [1.29, 1.82) is 0 Å². The Hall–Kier alpha value is -2.30. The summed E-state index contributed by atoms with van der Waals surface area (Å²) >= 11 is 0. The number of hydrogen-bond acceptors (Lipinski definition) is 5. The Labute approximate surface area is 110 Å². The Morgan fingerprint density at radius 2 is 2.05 bits per heavy atom. The van der Waals surface area contributed by atoms with Gasteiger partial charge in [-0.15, -0.1) is 13.2 Å². The summed E-state index contributed by atoms with van der Waals surface area (Å²) < 4.78 is 65.6. The van der Waals surface area contributed by atoms with Gasteiger partial charge in [0.1, 0.15) is 12.1 Å². The van der Waals surface area contributed by atoms with Gasteiger partial charge in [-0.1, -0.05) is 6.07 Å². The molecule has 2 aromatic rings. The lowest BCUT2D eigenvalue weighted by Crippen LogP contribution is -2.18. The van der Waals surface area contributed by atoms with Gasteiger partial charge in [0.25, 0.3) is 10.0 Å². The monoisotopic (exact) mass is 308 g/mol. The number of benzene rings is 1. The molecule has 1 heterocycles. The van der Waals surface area contributed by atoms with Crippen molar-refractivity contribution in [1.82, 2.24) is 15.2 Å². The van der Waals surface area contributed by atoms with Gasteiger partial charge in [0.15, 0.2) is 0 Å². The number of rotatable bonds is 4. The molecule has 2 N–H and O–H groups in total. The molecule has 2 rings (SSSR count). The molecule has 11 heteroatoms. The van der Waals surface area contributed by atoms with E-state index in [-0.39, 0.29) is 5.95 Å². The van der Waals surface area contributed by atoms with Crippen LogP contribution in [0.5, 0.6) is 5.75 Å². The zero-order valence-electron chi connectivity index (χ0n) is 9.55. The first-order valence-electron chi connectivity index (χ1n) is 5.00. The highest BCUT2D eigenvalue weighted by Crippen LogP contribution is 2.25. The Kier molecular flexibility index (Phi) is 3.53. The third-order valence-corrected chi connectivity index (χ3v) is 3.33. The van der Waals surface area contributed by atoms with Crippen LogP contribution in [-0.2, 0) is 10.0 Å². The second-order valence-electron chi connectivity index (χ2n) is 3.46. The number of aromatic amines is 1. The topological polar surface area (TPSA) is 97.0 Å². The summed E-state index contributed by atoms with van der Waals surface area (Å²) in [7, 11) is -4.09. The van der Waals surface area contributed by atoms with Gasteiger partial charge in [0, 0.05) is 6.07 Å². The van der Waals surface area contributed by atoms with Gasteiger partial charge < -0.3 is 4.74 Å². The lowest BCUT2D eigenvalue weighted by Gasteiger charge is -2.10. The number of aromatic nitrogens is 3. The summed E-state index contributed by atoms with van der Waals surface area (Å²) in [5, 5.41) is 5.68. The maximum Gasteiger partial charge on any atom is 0.573 e. The minimum atomic E-state index is -4.90. The number of ether oxygens (including phenoxy) is 1. The summed E-state index contributed by atoms with van der Waals surface area (Å²) in [6, 6.07) is 3.96. The molecule has 0 unspecified atom stereocenters. The molecule has 1 aromatic heterocycles. The van der Waals surface area contributed by atoms with Gasteiger partial charge in [0.2, 0.25) is 5.95 Å². The molecule has 0 aliphatic carbocycles. The molecule has 0 atom stereocenters. The average molecular weight is 308 g/mol. The molecule has 0 amide bonds. The van der Waals surface area contributed by atoms with Gasteiger partial charge >= 0.3 is 6.36 Å². The Balaban J connectivity index is 2.26. The molecule has 108 valence electrons. The third-order valence-electron chi connectivity index (χ3n) is 2.00. The first-order chi connectivity index (χ1) is 9.26. The van der Waals surface area contributed by atoms with Crippen molar-refractivity contribution < 1.29 is 26.3 Å². The molecule has 0 fully saturated rings. The molecule has 1 aromatic carbocycles. The molecular weight excluding hydrogens is 301 g/mol. The Morgan fingerprint density at radius 1 is 1.30 bits per heavy atom. The summed E-state index contributed by atoms with van der Waals surface area (Å²) in [5.41, 5.74) is 0. The van der Waals surface area contributed by atoms with Crippen LogP contribution >= 0.6 is 0 Å². The lowest BCUT2D eigenvalue weighted by molar-refractivity contribution is -0.274. The van der Waals surface area contributed by atoms with Crippen LogP contribution in [0.25, 0.3) is 0 Å². The highest BCUT2D eigenvalue weighted by molar-refractivity contribution is 7.92. The van der Waals surface area contributed by atoms with Crippen molar-refractivity contribution in [3.8, 4) is 5.75 Å². The SMILES string of the molecule is O=S(=O)(Nc1ncn[nH]1)c1cccc(OC(F)(F)F)c1. The lowest BCUT2D eigenvalue weighted by atomic mass is 10.3. The van der Waals surface area contributed by atoms with E-state index in [0.717, 1.165) is 30.6 Å². The molecule has 0 radical (unpaired) electrons. The number of halogens is 3. The van der Waals surface area contributed by atoms with Crippen molar-refractivity contribution in [2.75, 3.05) is 4.72 Å². The standard InChI is InChI=1S/C9H7F3N4O3S/c10-9(11,12)19-6-2-1-3-7(4-6)20(17,18)16-8-13-5-14-15-8/h1-5H,(H2,13,14,15,16). The van der Waals surface area contributed by atoms with E-state index in [1.165, 1.54) is 0 Å². The van der Waals surface area contributed by atoms with Gasteiger partial charge in [-0.2, -0.15) is 10.1 Å². The predicted molar refractivity (Wildman–Crippen MR) is 60.3 cm³/mol. The van der Waals surface area contributed by atoms with Crippen LogP contribution in [0.15, 0.2) is 35.5 Å². The van der Waals surface area contributed by atoms with Crippen LogP contribution in [-0.4, -0.2) is 30.0 Å². The van der Waals surface area contributed by atoms with Gasteiger partial charge in [-0.05, 0) is 12.1 Å². The number of sulfonamides is 1. The van der Waals surface area contributed by atoms with E-state index < -0.39 is 27.0 Å². The maximum absolute atomic E-state index is 12.1. The fraction of sp³-hybridized carbons (Fsp3) is 0.111. The van der Waals surface area contributed by atoms with E-state index in [1.54, 1.807) is 0 Å². The summed E-state index contributed by atoms with van der Waals surface area (Å²) in [4.78, 5) is 3.13. The summed E-state index contributed by atoms with van der Waals surface area (Å²) in [6.07, 6.45) is -3.83. The van der Waals surface area contributed by atoms with E-state index in [4.69, 9.17) is 0 Å². The van der Waals surface area contributed by atoms with Crippen molar-refractivity contribution in [3.63, 3.8) is 0 Å². The van der Waals surface area contributed by atoms with Gasteiger partial charge in [-0.3, -0.25) is 0 Å². The van der Waals surface area contributed by atoms with E-state index in [1.807, 2.05) is 4.72 Å². The largest absolute Gasteiger partial charge is 0.573 e. The average Bonchev–Trinajstić information content (AvgIpc) is 2.79. The number of nitrogens with zero attached hydrogens (tertiary/aromatic N) is 2. The van der Waals surface area contributed by atoms with Crippen LogP contribution in [0.4, 0.5) is 19.1 Å². The predicted octanol–water partition coefficient (Wildman–Crippen LogP) is 1.50. The number of alkyl halides is 3. The quantitative estimate of drug-likeness (QED) is 0.892. The van der Waals surface area contributed by atoms with Crippen LogP contribution in [0.2, 0.25) is 0 Å². The fourth-order valence-corrected chi connectivity index (χ4v) is 2.28. The number of H-pyrrole nitrogens is 1. The minimum Gasteiger partial charge on any atom is -0.406 e. The fourth-order valence-electron chi connectivity index (χ4n) is 1.28. The third kappa shape index (κ3) is 3.60. The minimum absolute atomic E-state index is 0.160. The van der Waals surface area contributed by atoms with E-state index >= 15 is 0 Å². The number of hydrogen-bond donors (Lipinski definition) is 2. The number of nitrogens with one attached hydrogen (secondary N) is 2. The normalized spacial score (nSPS) is 12.2. The molecule has 0 saturated heterocycles. The van der Waals surface area contributed by atoms with Crippen LogP contribution < -0.4 is 9.46 Å². The summed E-state index contributed by atoms with van der Waals surface area (Å²) in [6.45, 7) is 0. The molecule has 0 spiro atoms. The van der Waals surface area contributed by atoms with Crippen LogP contribution in [0.1, 0.15) is 0 Å². The van der Waals surface area contributed by atoms with Crippen molar-refractivity contribution in [3.05, 3.63) is 30.6 Å². The molecule has 20 heavy (non-hydrogen) atoms. The molecule has 0 aliphatic rings. The molecular formula is C9H7F3N4O3S. The van der Waals surface area contributed by atoms with Crippen molar-refractivity contribution in [2.24, 2.45) is 0 Å².